The molecule has 0 bridgehead atoms. The van der Waals surface area contributed by atoms with Gasteiger partial charge in [0, 0.05) is 6.04 Å². The zero-order chi connectivity index (χ0) is 9.80. The minimum Gasteiger partial charge on any atom is -0.300 e. The fourth-order valence-corrected chi connectivity index (χ4v) is 2.42. The van der Waals surface area contributed by atoms with Crippen molar-refractivity contribution >= 4 is 6.08 Å². The molecule has 14 heavy (non-hydrogen) atoms. The van der Waals surface area contributed by atoms with Crippen LogP contribution in [0.25, 0.3) is 0 Å². The molecule has 0 aromatic carbocycles. The van der Waals surface area contributed by atoms with Crippen LogP contribution in [0, 0.1) is 5.92 Å². The van der Waals surface area contributed by atoms with E-state index in [9.17, 15) is 4.79 Å². The van der Waals surface area contributed by atoms with Crippen LogP contribution < -0.4 is 0 Å². The Morgan fingerprint density at radius 3 is 2.43 bits per heavy atom. The normalized spacial score (nSPS) is 25.4. The van der Waals surface area contributed by atoms with Crippen molar-refractivity contribution in [3.63, 3.8) is 0 Å². The number of hydrogen-bond acceptors (Lipinski definition) is 3. The van der Waals surface area contributed by atoms with Gasteiger partial charge >= 0.3 is 0 Å². The lowest BCUT2D eigenvalue weighted by atomic mass is 9.88. The Bertz CT molecular complexity index is 223. The molecule has 1 saturated heterocycles. The summed E-state index contributed by atoms with van der Waals surface area (Å²) in [6, 6.07) is 0.880. The lowest BCUT2D eigenvalue weighted by Crippen LogP contribution is -2.45. The minimum atomic E-state index is 0.632. The summed E-state index contributed by atoms with van der Waals surface area (Å²) in [5, 5.41) is 0. The molecule has 0 amide bonds. The number of isocyanates is 1. The fourth-order valence-electron chi connectivity index (χ4n) is 2.42. The highest BCUT2D eigenvalue weighted by Crippen LogP contribution is 2.28. The van der Waals surface area contributed by atoms with Crippen molar-refractivity contribution in [1.29, 1.82) is 0 Å². The zero-order valence-corrected chi connectivity index (χ0v) is 8.61. The van der Waals surface area contributed by atoms with Gasteiger partial charge in [0.2, 0.25) is 6.08 Å². The van der Waals surface area contributed by atoms with Crippen LogP contribution in [-0.4, -0.2) is 36.7 Å². The summed E-state index contributed by atoms with van der Waals surface area (Å²) < 4.78 is 0. The van der Waals surface area contributed by atoms with E-state index in [2.05, 4.69) is 9.89 Å². The molecule has 0 atom stereocenters. The predicted octanol–water partition coefficient (Wildman–Crippen LogP) is 1.59. The van der Waals surface area contributed by atoms with Crippen molar-refractivity contribution in [2.24, 2.45) is 10.9 Å². The summed E-state index contributed by atoms with van der Waals surface area (Å²) in [4.78, 5) is 16.3. The number of nitrogens with zero attached hydrogens (tertiary/aromatic N) is 2. The quantitative estimate of drug-likeness (QED) is 0.505. The van der Waals surface area contributed by atoms with Crippen LogP contribution in [0.5, 0.6) is 0 Å². The van der Waals surface area contributed by atoms with Gasteiger partial charge in [-0.1, -0.05) is 6.42 Å². The van der Waals surface area contributed by atoms with Crippen molar-refractivity contribution in [2.75, 3.05) is 19.6 Å². The average Bonchev–Trinajstić information content (AvgIpc) is 2.14. The minimum absolute atomic E-state index is 0.632. The van der Waals surface area contributed by atoms with Gasteiger partial charge in [0.15, 0.2) is 0 Å². The Labute approximate surface area is 85.2 Å². The summed E-state index contributed by atoms with van der Waals surface area (Å²) in [5.74, 6) is 0.632. The first-order valence-electron chi connectivity index (χ1n) is 5.68. The molecule has 3 nitrogen and oxygen atoms in total. The maximum atomic E-state index is 9.97. The highest BCUT2D eigenvalue weighted by molar-refractivity contribution is 5.32. The molecule has 78 valence electrons. The van der Waals surface area contributed by atoms with E-state index < -0.39 is 0 Å². The van der Waals surface area contributed by atoms with Gasteiger partial charge < -0.3 is 4.90 Å². The summed E-state index contributed by atoms with van der Waals surface area (Å²) in [6.07, 6.45) is 8.27. The Morgan fingerprint density at radius 2 is 1.93 bits per heavy atom. The van der Waals surface area contributed by atoms with E-state index in [-0.39, 0.29) is 0 Å². The number of likely N-dealkylation sites (tertiary alicyclic amines) is 1. The van der Waals surface area contributed by atoms with Gasteiger partial charge in [0.25, 0.3) is 0 Å². The van der Waals surface area contributed by atoms with E-state index in [1.807, 2.05) is 0 Å². The molecule has 0 N–H and O–H groups in total. The van der Waals surface area contributed by atoms with Crippen molar-refractivity contribution in [3.8, 4) is 0 Å². The first-order chi connectivity index (χ1) is 6.90. The molecule has 2 rings (SSSR count). The van der Waals surface area contributed by atoms with Gasteiger partial charge in [-0.3, -0.25) is 0 Å². The van der Waals surface area contributed by atoms with E-state index in [0.29, 0.717) is 12.5 Å². The van der Waals surface area contributed by atoms with E-state index >= 15 is 0 Å². The molecule has 2 aliphatic rings. The molecule has 1 saturated carbocycles. The van der Waals surface area contributed by atoms with Gasteiger partial charge in [-0.2, -0.15) is 0 Å². The van der Waals surface area contributed by atoms with Crippen LogP contribution in [0.4, 0.5) is 0 Å². The van der Waals surface area contributed by atoms with Gasteiger partial charge in [-0.25, -0.2) is 9.79 Å². The number of rotatable bonds is 3. The molecule has 0 aromatic heterocycles. The lowest BCUT2D eigenvalue weighted by molar-refractivity contribution is 0.0864. The highest BCUT2D eigenvalue weighted by Gasteiger charge is 2.28. The fraction of sp³-hybridized carbons (Fsp3) is 0.909. The molecule has 3 heteroatoms. The smallest absolute Gasteiger partial charge is 0.234 e. The zero-order valence-electron chi connectivity index (χ0n) is 8.61. The average molecular weight is 194 g/mol. The van der Waals surface area contributed by atoms with Crippen molar-refractivity contribution in [2.45, 2.75) is 38.1 Å². The molecular weight excluding hydrogens is 176 g/mol. The molecule has 0 spiro atoms. The number of aliphatic imine (C=N–C) groups is 1. The predicted molar refractivity (Wildman–Crippen MR) is 54.9 cm³/mol. The SMILES string of the molecule is O=C=NCC1CCN(C2CCC2)CC1. The van der Waals surface area contributed by atoms with Crippen LogP contribution in [0.2, 0.25) is 0 Å². The second-order valence-corrected chi connectivity index (χ2v) is 4.50. The lowest BCUT2D eigenvalue weighted by Gasteiger charge is -2.41. The summed E-state index contributed by atoms with van der Waals surface area (Å²) in [7, 11) is 0. The van der Waals surface area contributed by atoms with Gasteiger partial charge in [0.1, 0.15) is 0 Å². The third-order valence-corrected chi connectivity index (χ3v) is 3.65. The molecule has 1 heterocycles. The van der Waals surface area contributed by atoms with E-state index in [1.165, 1.54) is 45.2 Å². The van der Waals surface area contributed by atoms with E-state index in [0.717, 1.165) is 6.04 Å². The van der Waals surface area contributed by atoms with Crippen LogP contribution >= 0.6 is 0 Å². The Hall–Kier alpha value is -0.660. The molecule has 0 radical (unpaired) electrons. The number of hydrogen-bond donors (Lipinski definition) is 0. The van der Waals surface area contributed by atoms with Crippen LogP contribution in [0.3, 0.4) is 0 Å². The van der Waals surface area contributed by atoms with Crippen molar-refractivity contribution < 1.29 is 4.79 Å². The molecule has 2 fully saturated rings. The Balaban J connectivity index is 1.71. The molecular formula is C11H18N2O. The molecule has 1 aliphatic heterocycles. The number of piperidine rings is 1. The van der Waals surface area contributed by atoms with Crippen LogP contribution in [-0.2, 0) is 4.79 Å². The topological polar surface area (TPSA) is 32.7 Å². The van der Waals surface area contributed by atoms with E-state index in [4.69, 9.17) is 0 Å². The molecule has 1 aliphatic carbocycles. The van der Waals surface area contributed by atoms with Crippen molar-refractivity contribution in [1.82, 2.24) is 4.90 Å². The Kier molecular flexibility index (Phi) is 3.33. The summed E-state index contributed by atoms with van der Waals surface area (Å²) in [5.41, 5.74) is 0. The van der Waals surface area contributed by atoms with Crippen LogP contribution in [0.1, 0.15) is 32.1 Å². The second-order valence-electron chi connectivity index (χ2n) is 4.50. The largest absolute Gasteiger partial charge is 0.300 e. The van der Waals surface area contributed by atoms with Crippen LogP contribution in [0.15, 0.2) is 4.99 Å². The third kappa shape index (κ3) is 2.23. The summed E-state index contributed by atoms with van der Waals surface area (Å²) in [6.45, 7) is 3.12. The first-order valence-corrected chi connectivity index (χ1v) is 5.68. The molecule has 0 aromatic rings. The second kappa shape index (κ2) is 4.72. The van der Waals surface area contributed by atoms with E-state index in [1.54, 1.807) is 6.08 Å². The van der Waals surface area contributed by atoms with Gasteiger partial charge in [-0.15, -0.1) is 0 Å². The van der Waals surface area contributed by atoms with Gasteiger partial charge in [0.05, 0.1) is 6.54 Å². The number of carbonyl (C=O) groups excluding carboxylic acids is 1. The maximum Gasteiger partial charge on any atom is 0.234 e. The monoisotopic (exact) mass is 194 g/mol. The first kappa shape index (κ1) is 9.88. The van der Waals surface area contributed by atoms with Gasteiger partial charge in [-0.05, 0) is 44.7 Å². The standard InChI is InChI=1S/C11H18N2O/c14-9-12-8-10-4-6-13(7-5-10)11-2-1-3-11/h10-11H,1-8H2. The third-order valence-electron chi connectivity index (χ3n) is 3.65. The van der Waals surface area contributed by atoms with Crippen molar-refractivity contribution in [3.05, 3.63) is 0 Å². The highest BCUT2D eigenvalue weighted by atomic mass is 16.1. The Morgan fingerprint density at radius 1 is 1.21 bits per heavy atom. The maximum absolute atomic E-state index is 9.97. The summed E-state index contributed by atoms with van der Waals surface area (Å²) >= 11 is 0. The molecule has 0 unspecified atom stereocenters.